The lowest BCUT2D eigenvalue weighted by Crippen LogP contribution is -2.43. The topological polar surface area (TPSA) is 61.4 Å². The minimum atomic E-state index is -0.202. The summed E-state index contributed by atoms with van der Waals surface area (Å²) < 4.78 is 0. The molecule has 3 amide bonds. The molecule has 2 N–H and O–H groups in total. The van der Waals surface area contributed by atoms with Crippen molar-refractivity contribution in [2.45, 2.75) is 44.6 Å². The van der Waals surface area contributed by atoms with E-state index in [0.29, 0.717) is 24.5 Å². The first-order chi connectivity index (χ1) is 12.1. The van der Waals surface area contributed by atoms with Gasteiger partial charge in [-0.3, -0.25) is 4.79 Å². The van der Waals surface area contributed by atoms with E-state index in [1.54, 1.807) is 17.0 Å². The molecule has 25 heavy (non-hydrogen) atoms. The number of nitrogens with zero attached hydrogens (tertiary/aromatic N) is 1. The van der Waals surface area contributed by atoms with Crippen molar-refractivity contribution in [3.05, 3.63) is 40.9 Å². The van der Waals surface area contributed by atoms with E-state index in [0.717, 1.165) is 24.9 Å². The number of halogens is 1. The smallest absolute Gasteiger partial charge is 0.315 e. The Balaban J connectivity index is 1.43. The average Bonchev–Trinajstić information content (AvgIpc) is 2.96. The largest absolute Gasteiger partial charge is 0.338 e. The van der Waals surface area contributed by atoms with Gasteiger partial charge in [-0.05, 0) is 56.4 Å². The standard InChI is InChI=1S/C19H24ClN3O2/c20-15-6-8-17(9-7-15)23-13-16(12-18(23)24)22-19(25)21-11-10-14-4-2-1-3-5-14/h4,6-9,16H,1-3,5,10-13H2,(H2,21,22,25). The second kappa shape index (κ2) is 8.39. The summed E-state index contributed by atoms with van der Waals surface area (Å²) in [6.45, 7) is 1.12. The molecular weight excluding hydrogens is 338 g/mol. The summed E-state index contributed by atoms with van der Waals surface area (Å²) in [5.41, 5.74) is 2.25. The normalized spacial score (nSPS) is 20.4. The number of benzene rings is 1. The molecule has 0 aromatic heterocycles. The van der Waals surface area contributed by atoms with E-state index in [1.165, 1.54) is 18.4 Å². The van der Waals surface area contributed by atoms with Gasteiger partial charge in [0.15, 0.2) is 0 Å². The highest BCUT2D eigenvalue weighted by Crippen LogP contribution is 2.23. The van der Waals surface area contributed by atoms with Gasteiger partial charge in [-0.25, -0.2) is 4.79 Å². The van der Waals surface area contributed by atoms with Crippen LogP contribution in [0.2, 0.25) is 5.02 Å². The first-order valence-corrected chi connectivity index (χ1v) is 9.28. The number of amides is 3. The molecule has 1 saturated heterocycles. The van der Waals surface area contributed by atoms with Crippen molar-refractivity contribution in [3.63, 3.8) is 0 Å². The molecule has 0 radical (unpaired) electrons. The molecule has 6 heteroatoms. The molecule has 1 aromatic carbocycles. The lowest BCUT2D eigenvalue weighted by molar-refractivity contribution is -0.117. The molecule has 1 heterocycles. The van der Waals surface area contributed by atoms with Gasteiger partial charge >= 0.3 is 6.03 Å². The van der Waals surface area contributed by atoms with Crippen LogP contribution in [-0.4, -0.2) is 31.1 Å². The van der Waals surface area contributed by atoms with Gasteiger partial charge in [-0.1, -0.05) is 23.3 Å². The lowest BCUT2D eigenvalue weighted by Gasteiger charge is -2.18. The van der Waals surface area contributed by atoms with Crippen molar-refractivity contribution >= 4 is 29.2 Å². The van der Waals surface area contributed by atoms with Crippen molar-refractivity contribution in [1.29, 1.82) is 0 Å². The van der Waals surface area contributed by atoms with Crippen LogP contribution in [0.3, 0.4) is 0 Å². The first kappa shape index (κ1) is 17.8. The Morgan fingerprint density at radius 1 is 1.24 bits per heavy atom. The molecule has 1 unspecified atom stereocenters. The van der Waals surface area contributed by atoms with Crippen LogP contribution in [-0.2, 0) is 4.79 Å². The van der Waals surface area contributed by atoms with Crippen LogP contribution in [0.1, 0.15) is 38.5 Å². The Kier molecular flexibility index (Phi) is 5.97. The number of carbonyl (C=O) groups is 2. The van der Waals surface area contributed by atoms with Gasteiger partial charge < -0.3 is 15.5 Å². The third-order valence-corrected chi connectivity index (χ3v) is 4.97. The summed E-state index contributed by atoms with van der Waals surface area (Å²) in [6, 6.07) is 6.79. The molecular formula is C19H24ClN3O2. The zero-order valence-electron chi connectivity index (χ0n) is 14.3. The summed E-state index contributed by atoms with van der Waals surface area (Å²) in [5.74, 6) is 0.0139. The van der Waals surface area contributed by atoms with E-state index in [2.05, 4.69) is 16.7 Å². The molecule has 1 atom stereocenters. The number of carbonyl (C=O) groups excluding carboxylic acids is 2. The molecule has 1 aliphatic heterocycles. The van der Waals surface area contributed by atoms with Crippen LogP contribution >= 0.6 is 11.6 Å². The fourth-order valence-corrected chi connectivity index (χ4v) is 3.51. The monoisotopic (exact) mass is 361 g/mol. The molecule has 1 aromatic rings. The minimum Gasteiger partial charge on any atom is -0.338 e. The van der Waals surface area contributed by atoms with Crippen molar-refractivity contribution in [2.75, 3.05) is 18.0 Å². The lowest BCUT2D eigenvalue weighted by atomic mass is 9.97. The van der Waals surface area contributed by atoms with E-state index in [-0.39, 0.29) is 18.0 Å². The molecule has 1 aliphatic carbocycles. The summed E-state index contributed by atoms with van der Waals surface area (Å²) >= 11 is 5.88. The predicted molar refractivity (Wildman–Crippen MR) is 99.9 cm³/mol. The van der Waals surface area contributed by atoms with Gasteiger partial charge in [0.1, 0.15) is 0 Å². The van der Waals surface area contributed by atoms with Crippen LogP contribution in [0.15, 0.2) is 35.9 Å². The fourth-order valence-electron chi connectivity index (χ4n) is 3.38. The Labute approximate surface area is 153 Å². The van der Waals surface area contributed by atoms with E-state index < -0.39 is 0 Å². The third-order valence-electron chi connectivity index (χ3n) is 4.72. The van der Waals surface area contributed by atoms with E-state index in [4.69, 9.17) is 11.6 Å². The molecule has 1 fully saturated rings. The van der Waals surface area contributed by atoms with E-state index >= 15 is 0 Å². The molecule has 5 nitrogen and oxygen atoms in total. The number of rotatable bonds is 5. The van der Waals surface area contributed by atoms with Crippen LogP contribution in [0.4, 0.5) is 10.5 Å². The van der Waals surface area contributed by atoms with E-state index in [1.807, 2.05) is 12.1 Å². The molecule has 0 bridgehead atoms. The molecule has 2 aliphatic rings. The molecule has 3 rings (SSSR count). The summed E-state index contributed by atoms with van der Waals surface area (Å²) in [5, 5.41) is 6.43. The Bertz CT molecular complexity index is 657. The van der Waals surface area contributed by atoms with Gasteiger partial charge in [0.05, 0.1) is 6.04 Å². The number of allylic oxidation sites excluding steroid dienone is 1. The van der Waals surface area contributed by atoms with Crippen molar-refractivity contribution in [1.82, 2.24) is 10.6 Å². The van der Waals surface area contributed by atoms with Gasteiger partial charge in [0.25, 0.3) is 0 Å². The zero-order valence-corrected chi connectivity index (χ0v) is 15.0. The van der Waals surface area contributed by atoms with Crippen molar-refractivity contribution in [3.8, 4) is 0 Å². The van der Waals surface area contributed by atoms with Crippen molar-refractivity contribution in [2.24, 2.45) is 0 Å². The first-order valence-electron chi connectivity index (χ1n) is 8.90. The van der Waals surface area contributed by atoms with Crippen LogP contribution in [0.25, 0.3) is 0 Å². The minimum absolute atomic E-state index is 0.0139. The van der Waals surface area contributed by atoms with Gasteiger partial charge in [0, 0.05) is 30.2 Å². The van der Waals surface area contributed by atoms with Crippen LogP contribution in [0.5, 0.6) is 0 Å². The van der Waals surface area contributed by atoms with Crippen LogP contribution < -0.4 is 15.5 Å². The van der Waals surface area contributed by atoms with Crippen molar-refractivity contribution < 1.29 is 9.59 Å². The highest BCUT2D eigenvalue weighted by atomic mass is 35.5. The van der Waals surface area contributed by atoms with Gasteiger partial charge in [-0.2, -0.15) is 0 Å². The van der Waals surface area contributed by atoms with Gasteiger partial charge in [0.2, 0.25) is 5.91 Å². The Hall–Kier alpha value is -2.01. The molecule has 0 spiro atoms. The number of urea groups is 1. The zero-order chi connectivity index (χ0) is 17.6. The summed E-state index contributed by atoms with van der Waals surface area (Å²) in [7, 11) is 0. The SMILES string of the molecule is O=C(NCCC1=CCCCC1)NC1CC(=O)N(c2ccc(Cl)cc2)C1. The Morgan fingerprint density at radius 3 is 2.76 bits per heavy atom. The molecule has 0 saturated carbocycles. The second-order valence-corrected chi connectivity index (χ2v) is 7.08. The summed E-state index contributed by atoms with van der Waals surface area (Å²) in [4.78, 5) is 25.9. The maximum Gasteiger partial charge on any atom is 0.315 e. The second-order valence-electron chi connectivity index (χ2n) is 6.64. The highest BCUT2D eigenvalue weighted by Gasteiger charge is 2.31. The van der Waals surface area contributed by atoms with Crippen LogP contribution in [0, 0.1) is 0 Å². The Morgan fingerprint density at radius 2 is 2.04 bits per heavy atom. The maximum atomic E-state index is 12.2. The number of hydrogen-bond acceptors (Lipinski definition) is 2. The number of hydrogen-bond donors (Lipinski definition) is 2. The average molecular weight is 362 g/mol. The molecule has 134 valence electrons. The maximum absolute atomic E-state index is 12.2. The van der Waals surface area contributed by atoms with Gasteiger partial charge in [-0.15, -0.1) is 0 Å². The quantitative estimate of drug-likeness (QED) is 0.786. The van der Waals surface area contributed by atoms with E-state index in [9.17, 15) is 9.59 Å². The third kappa shape index (κ3) is 4.98. The number of anilines is 1. The fraction of sp³-hybridized carbons (Fsp3) is 0.474. The number of nitrogens with one attached hydrogen (secondary N) is 2. The summed E-state index contributed by atoms with van der Waals surface area (Å²) in [6.07, 6.45) is 8.36. The predicted octanol–water partition coefficient (Wildman–Crippen LogP) is 3.64. The highest BCUT2D eigenvalue weighted by molar-refractivity contribution is 6.30.